The summed E-state index contributed by atoms with van der Waals surface area (Å²) in [5.74, 6) is 1.53. The SMILES string of the molecule is COc1ccc(CN2CCN(C(=O)CNC(=O)c3ccccc3)CC2)c(OC)c1OC. The zero-order valence-corrected chi connectivity index (χ0v) is 18.2. The smallest absolute Gasteiger partial charge is 0.251 e. The van der Waals surface area contributed by atoms with Crippen LogP contribution in [-0.2, 0) is 11.3 Å². The highest BCUT2D eigenvalue weighted by Crippen LogP contribution is 2.40. The van der Waals surface area contributed by atoms with Crippen LogP contribution in [0.2, 0.25) is 0 Å². The number of amides is 2. The summed E-state index contributed by atoms with van der Waals surface area (Å²) in [6.45, 7) is 3.35. The molecular formula is C23H29N3O5. The van der Waals surface area contributed by atoms with Gasteiger partial charge in [0.1, 0.15) is 0 Å². The summed E-state index contributed by atoms with van der Waals surface area (Å²) in [5, 5.41) is 2.70. The van der Waals surface area contributed by atoms with E-state index in [0.717, 1.165) is 18.7 Å². The van der Waals surface area contributed by atoms with E-state index in [1.807, 2.05) is 18.2 Å². The average Bonchev–Trinajstić information content (AvgIpc) is 2.82. The number of carbonyl (C=O) groups is 2. The van der Waals surface area contributed by atoms with Crippen LogP contribution in [0.1, 0.15) is 15.9 Å². The third-order valence-corrected chi connectivity index (χ3v) is 5.34. The van der Waals surface area contributed by atoms with Crippen molar-refractivity contribution in [2.45, 2.75) is 6.54 Å². The molecule has 0 bridgehead atoms. The zero-order valence-electron chi connectivity index (χ0n) is 18.2. The molecule has 2 aromatic rings. The van der Waals surface area contributed by atoms with Crippen LogP contribution in [0, 0.1) is 0 Å². The van der Waals surface area contributed by atoms with Crippen molar-refractivity contribution < 1.29 is 23.8 Å². The van der Waals surface area contributed by atoms with E-state index in [1.165, 1.54) is 0 Å². The number of piperazine rings is 1. The molecule has 8 heteroatoms. The Morgan fingerprint density at radius 1 is 0.871 bits per heavy atom. The summed E-state index contributed by atoms with van der Waals surface area (Å²) in [6, 6.07) is 12.7. The molecule has 0 spiro atoms. The van der Waals surface area contributed by atoms with Crippen LogP contribution in [0.3, 0.4) is 0 Å². The van der Waals surface area contributed by atoms with Gasteiger partial charge in [-0.2, -0.15) is 0 Å². The first-order valence-corrected chi connectivity index (χ1v) is 10.2. The maximum absolute atomic E-state index is 12.5. The van der Waals surface area contributed by atoms with Gasteiger partial charge >= 0.3 is 0 Å². The Kier molecular flexibility index (Phi) is 7.72. The molecule has 1 heterocycles. The number of hydrogen-bond acceptors (Lipinski definition) is 6. The Morgan fingerprint density at radius 3 is 2.16 bits per heavy atom. The maximum Gasteiger partial charge on any atom is 0.251 e. The molecule has 0 saturated carbocycles. The van der Waals surface area contributed by atoms with Gasteiger partial charge in [0.2, 0.25) is 11.7 Å². The molecule has 31 heavy (non-hydrogen) atoms. The quantitative estimate of drug-likeness (QED) is 0.692. The number of benzene rings is 2. The number of nitrogens with zero attached hydrogens (tertiary/aromatic N) is 2. The first kappa shape index (κ1) is 22.4. The highest BCUT2D eigenvalue weighted by molar-refractivity contribution is 5.96. The molecule has 1 fully saturated rings. The van der Waals surface area contributed by atoms with Gasteiger partial charge in [-0.3, -0.25) is 14.5 Å². The molecule has 0 radical (unpaired) electrons. The fourth-order valence-electron chi connectivity index (χ4n) is 3.64. The second-order valence-electron chi connectivity index (χ2n) is 7.20. The average molecular weight is 428 g/mol. The van der Waals surface area contributed by atoms with Crippen molar-refractivity contribution in [2.24, 2.45) is 0 Å². The summed E-state index contributed by atoms with van der Waals surface area (Å²) in [4.78, 5) is 28.7. The van der Waals surface area contributed by atoms with Gasteiger partial charge in [0.25, 0.3) is 5.91 Å². The molecule has 166 valence electrons. The maximum atomic E-state index is 12.5. The Labute approximate surface area is 182 Å². The van der Waals surface area contributed by atoms with Crippen LogP contribution in [0.25, 0.3) is 0 Å². The van der Waals surface area contributed by atoms with Crippen LogP contribution in [-0.4, -0.2) is 75.7 Å². The van der Waals surface area contributed by atoms with Crippen molar-refractivity contribution in [1.82, 2.24) is 15.1 Å². The second kappa shape index (κ2) is 10.7. The predicted molar refractivity (Wildman–Crippen MR) is 117 cm³/mol. The minimum atomic E-state index is -0.242. The Balaban J connectivity index is 1.52. The number of methoxy groups -OCH3 is 3. The van der Waals surface area contributed by atoms with Crippen molar-refractivity contribution in [3.8, 4) is 17.2 Å². The summed E-state index contributed by atoms with van der Waals surface area (Å²) >= 11 is 0. The van der Waals surface area contributed by atoms with Crippen molar-refractivity contribution in [1.29, 1.82) is 0 Å². The van der Waals surface area contributed by atoms with Crippen molar-refractivity contribution in [3.63, 3.8) is 0 Å². The lowest BCUT2D eigenvalue weighted by Crippen LogP contribution is -2.50. The van der Waals surface area contributed by atoms with Gasteiger partial charge in [-0.05, 0) is 18.2 Å². The molecule has 0 atom stereocenters. The number of ether oxygens (including phenoxy) is 3. The second-order valence-corrected chi connectivity index (χ2v) is 7.20. The highest BCUT2D eigenvalue weighted by atomic mass is 16.5. The van der Waals surface area contributed by atoms with Gasteiger partial charge in [0.15, 0.2) is 11.5 Å². The largest absolute Gasteiger partial charge is 0.493 e. The van der Waals surface area contributed by atoms with Gasteiger partial charge in [-0.15, -0.1) is 0 Å². The topological polar surface area (TPSA) is 80.3 Å². The van der Waals surface area contributed by atoms with E-state index in [2.05, 4.69) is 10.2 Å². The predicted octanol–water partition coefficient (Wildman–Crippen LogP) is 1.79. The molecule has 1 aliphatic rings. The van der Waals surface area contributed by atoms with Crippen LogP contribution in [0.5, 0.6) is 17.2 Å². The molecule has 0 unspecified atom stereocenters. The fourth-order valence-corrected chi connectivity index (χ4v) is 3.64. The highest BCUT2D eigenvalue weighted by Gasteiger charge is 2.23. The fraction of sp³-hybridized carbons (Fsp3) is 0.391. The summed E-state index contributed by atoms with van der Waals surface area (Å²) in [7, 11) is 4.79. The van der Waals surface area contributed by atoms with E-state index in [9.17, 15) is 9.59 Å². The Hall–Kier alpha value is -3.26. The lowest BCUT2D eigenvalue weighted by atomic mass is 10.1. The standard InChI is InChI=1S/C23H29N3O5/c1-29-19-10-9-18(21(30-2)22(19)31-3)16-25-11-13-26(14-12-25)20(27)15-24-23(28)17-7-5-4-6-8-17/h4-10H,11-16H2,1-3H3,(H,24,28). The molecule has 8 nitrogen and oxygen atoms in total. The molecule has 1 saturated heterocycles. The van der Waals surface area contributed by atoms with E-state index in [0.29, 0.717) is 42.4 Å². The third kappa shape index (κ3) is 5.46. The van der Waals surface area contributed by atoms with Crippen molar-refractivity contribution >= 4 is 11.8 Å². The monoisotopic (exact) mass is 427 g/mol. The van der Waals surface area contributed by atoms with Crippen molar-refractivity contribution in [2.75, 3.05) is 54.1 Å². The van der Waals surface area contributed by atoms with Crippen LogP contribution in [0.15, 0.2) is 42.5 Å². The summed E-state index contributed by atoms with van der Waals surface area (Å²) < 4.78 is 16.4. The lowest BCUT2D eigenvalue weighted by Gasteiger charge is -2.35. The van der Waals surface area contributed by atoms with Crippen molar-refractivity contribution in [3.05, 3.63) is 53.6 Å². The van der Waals surface area contributed by atoms with Gasteiger partial charge in [-0.25, -0.2) is 0 Å². The van der Waals surface area contributed by atoms with E-state index in [-0.39, 0.29) is 18.4 Å². The zero-order chi connectivity index (χ0) is 22.2. The van der Waals surface area contributed by atoms with E-state index >= 15 is 0 Å². The van der Waals surface area contributed by atoms with Crippen LogP contribution in [0.4, 0.5) is 0 Å². The summed E-state index contributed by atoms with van der Waals surface area (Å²) in [6.07, 6.45) is 0. The molecule has 1 N–H and O–H groups in total. The van der Waals surface area contributed by atoms with Gasteiger partial charge in [-0.1, -0.05) is 24.3 Å². The van der Waals surface area contributed by atoms with E-state index in [4.69, 9.17) is 14.2 Å². The van der Waals surface area contributed by atoms with Gasteiger partial charge in [0.05, 0.1) is 27.9 Å². The van der Waals surface area contributed by atoms with Crippen LogP contribution >= 0.6 is 0 Å². The molecule has 0 aliphatic carbocycles. The molecule has 0 aromatic heterocycles. The normalized spacial score (nSPS) is 14.1. The minimum Gasteiger partial charge on any atom is -0.493 e. The molecule has 2 amide bonds. The van der Waals surface area contributed by atoms with E-state index in [1.54, 1.807) is 50.5 Å². The van der Waals surface area contributed by atoms with Crippen LogP contribution < -0.4 is 19.5 Å². The van der Waals surface area contributed by atoms with Gasteiger partial charge < -0.3 is 24.4 Å². The number of carbonyl (C=O) groups excluding carboxylic acids is 2. The molecule has 1 aliphatic heterocycles. The third-order valence-electron chi connectivity index (χ3n) is 5.34. The molecule has 3 rings (SSSR count). The molecule has 2 aromatic carbocycles. The first-order chi connectivity index (χ1) is 15.1. The number of nitrogens with one attached hydrogen (secondary N) is 1. The lowest BCUT2D eigenvalue weighted by molar-refractivity contribution is -0.131. The van der Waals surface area contributed by atoms with Gasteiger partial charge in [0, 0.05) is 43.9 Å². The number of rotatable bonds is 8. The first-order valence-electron chi connectivity index (χ1n) is 10.2. The minimum absolute atomic E-state index is 0.00275. The Morgan fingerprint density at radius 2 is 1.55 bits per heavy atom. The summed E-state index contributed by atoms with van der Waals surface area (Å²) in [5.41, 5.74) is 1.54. The number of hydrogen-bond donors (Lipinski definition) is 1. The molecular weight excluding hydrogens is 398 g/mol. The Bertz CT molecular complexity index is 896. The van der Waals surface area contributed by atoms with E-state index < -0.39 is 0 Å².